The van der Waals surface area contributed by atoms with Crippen LogP contribution in [0.1, 0.15) is 44.9 Å². The molecule has 0 aromatic carbocycles. The van der Waals surface area contributed by atoms with Gasteiger partial charge in [0, 0.05) is 17.3 Å². The van der Waals surface area contributed by atoms with Gasteiger partial charge in [0.25, 0.3) is 0 Å². The number of rotatable bonds is 0. The molecule has 1 nitrogen and oxygen atoms in total. The first-order valence-corrected chi connectivity index (χ1v) is 6.91. The fourth-order valence-electron chi connectivity index (χ4n) is 3.95. The number of allylic oxidation sites excluding steroid dienone is 2. The van der Waals surface area contributed by atoms with Gasteiger partial charge in [0.2, 0.25) is 0 Å². The Kier molecular flexibility index (Phi) is 2.26. The Balaban J connectivity index is 2.04. The van der Waals surface area contributed by atoms with Crippen molar-refractivity contribution in [1.82, 2.24) is 0 Å². The first-order valence-electron chi connectivity index (χ1n) is 6.16. The lowest BCUT2D eigenvalue weighted by atomic mass is 9.76. The maximum Gasteiger partial charge on any atom is 0.156 e. The lowest BCUT2D eigenvalue weighted by Crippen LogP contribution is -2.22. The Morgan fingerprint density at radius 3 is 2.50 bits per heavy atom. The van der Waals surface area contributed by atoms with Gasteiger partial charge >= 0.3 is 0 Å². The van der Waals surface area contributed by atoms with E-state index in [0.29, 0.717) is 6.42 Å². The molecule has 3 heteroatoms. The van der Waals surface area contributed by atoms with Crippen LogP contribution in [-0.2, 0) is 4.79 Å². The minimum Gasteiger partial charge on any atom is -0.295 e. The molecule has 3 aliphatic carbocycles. The van der Waals surface area contributed by atoms with Gasteiger partial charge < -0.3 is 0 Å². The lowest BCUT2D eigenvalue weighted by molar-refractivity contribution is -0.116. The molecule has 2 unspecified atom stereocenters. The van der Waals surface area contributed by atoms with Crippen molar-refractivity contribution in [1.29, 1.82) is 0 Å². The summed E-state index contributed by atoms with van der Waals surface area (Å²) in [5, 5.41) is 0. The van der Waals surface area contributed by atoms with Gasteiger partial charge in [0.05, 0.1) is 0 Å². The van der Waals surface area contributed by atoms with Crippen molar-refractivity contribution in [3.05, 3.63) is 12.2 Å². The van der Waals surface area contributed by atoms with E-state index in [1.54, 1.807) is 6.08 Å². The SMILES string of the molecule is O=C1C=CC23CCCCCCC2(C1)C3(Cl)Cl. The Labute approximate surface area is 106 Å². The second-order valence-electron chi connectivity index (χ2n) is 5.52. The van der Waals surface area contributed by atoms with E-state index >= 15 is 0 Å². The summed E-state index contributed by atoms with van der Waals surface area (Å²) in [5.74, 6) is 0.194. The second kappa shape index (κ2) is 3.26. The van der Waals surface area contributed by atoms with Crippen LogP contribution in [0.2, 0.25) is 0 Å². The molecular weight excluding hydrogens is 243 g/mol. The molecule has 0 amide bonds. The molecule has 0 N–H and O–H groups in total. The van der Waals surface area contributed by atoms with Crippen LogP contribution >= 0.6 is 23.2 Å². The summed E-state index contributed by atoms with van der Waals surface area (Å²) in [6.45, 7) is 0. The van der Waals surface area contributed by atoms with Crippen LogP contribution in [0.5, 0.6) is 0 Å². The van der Waals surface area contributed by atoms with E-state index in [0.717, 1.165) is 19.3 Å². The van der Waals surface area contributed by atoms with Crippen LogP contribution in [0, 0.1) is 10.8 Å². The van der Waals surface area contributed by atoms with E-state index in [9.17, 15) is 4.79 Å². The zero-order chi connectivity index (χ0) is 11.4. The van der Waals surface area contributed by atoms with Crippen molar-refractivity contribution in [2.24, 2.45) is 10.8 Å². The van der Waals surface area contributed by atoms with Gasteiger partial charge in [0.1, 0.15) is 4.33 Å². The summed E-state index contributed by atoms with van der Waals surface area (Å²) >= 11 is 13.1. The molecule has 0 heterocycles. The largest absolute Gasteiger partial charge is 0.295 e. The molecule has 0 spiro atoms. The predicted octanol–water partition coefficient (Wildman–Crippen LogP) is 4.03. The molecule has 0 saturated heterocycles. The van der Waals surface area contributed by atoms with Gasteiger partial charge in [-0.15, -0.1) is 0 Å². The highest BCUT2D eigenvalue weighted by molar-refractivity contribution is 6.53. The monoisotopic (exact) mass is 258 g/mol. The number of hydrogen-bond donors (Lipinski definition) is 0. The lowest BCUT2D eigenvalue weighted by Gasteiger charge is -2.26. The van der Waals surface area contributed by atoms with E-state index < -0.39 is 4.33 Å². The van der Waals surface area contributed by atoms with Crippen molar-refractivity contribution < 1.29 is 4.79 Å². The highest BCUT2D eigenvalue weighted by Crippen LogP contribution is 2.84. The topological polar surface area (TPSA) is 17.1 Å². The van der Waals surface area contributed by atoms with Crippen LogP contribution in [0.15, 0.2) is 12.2 Å². The summed E-state index contributed by atoms with van der Waals surface area (Å²) in [5.41, 5.74) is -0.243. The predicted molar refractivity (Wildman–Crippen MR) is 65.8 cm³/mol. The number of carbonyl (C=O) groups excluding carboxylic acids is 1. The number of ketones is 1. The smallest absolute Gasteiger partial charge is 0.156 e. The fraction of sp³-hybridized carbons (Fsp3) is 0.769. The van der Waals surface area contributed by atoms with Gasteiger partial charge in [0.15, 0.2) is 5.78 Å². The third kappa shape index (κ3) is 1.07. The van der Waals surface area contributed by atoms with Crippen LogP contribution in [0.25, 0.3) is 0 Å². The average molecular weight is 259 g/mol. The highest BCUT2D eigenvalue weighted by Gasteiger charge is 2.84. The second-order valence-corrected chi connectivity index (χ2v) is 6.85. The van der Waals surface area contributed by atoms with E-state index in [2.05, 4.69) is 0 Å². The number of halogens is 2. The third-order valence-corrected chi connectivity index (χ3v) is 6.31. The molecule has 3 aliphatic rings. The fourth-order valence-corrected chi connectivity index (χ4v) is 5.20. The van der Waals surface area contributed by atoms with Gasteiger partial charge in [-0.2, -0.15) is 0 Å². The quantitative estimate of drug-likeness (QED) is 0.600. The first-order chi connectivity index (χ1) is 7.56. The van der Waals surface area contributed by atoms with Gasteiger partial charge in [-0.05, 0) is 18.9 Å². The Hall–Kier alpha value is -0.0100. The Morgan fingerprint density at radius 2 is 1.75 bits per heavy atom. The van der Waals surface area contributed by atoms with Crippen molar-refractivity contribution in [3.8, 4) is 0 Å². The van der Waals surface area contributed by atoms with Crippen LogP contribution in [0.4, 0.5) is 0 Å². The molecule has 0 aliphatic heterocycles. The zero-order valence-electron chi connectivity index (χ0n) is 9.27. The van der Waals surface area contributed by atoms with Gasteiger partial charge in [-0.3, -0.25) is 4.79 Å². The van der Waals surface area contributed by atoms with E-state index in [1.165, 1.54) is 19.3 Å². The summed E-state index contributed by atoms with van der Waals surface area (Å²) in [7, 11) is 0. The molecule has 0 radical (unpaired) electrons. The van der Waals surface area contributed by atoms with Crippen molar-refractivity contribution in [2.75, 3.05) is 0 Å². The molecule has 2 fully saturated rings. The Morgan fingerprint density at radius 1 is 1.06 bits per heavy atom. The van der Waals surface area contributed by atoms with Crippen LogP contribution < -0.4 is 0 Å². The summed E-state index contributed by atoms with van der Waals surface area (Å²) in [6, 6.07) is 0. The molecule has 16 heavy (non-hydrogen) atoms. The molecular formula is C13H16Cl2O. The highest BCUT2D eigenvalue weighted by atomic mass is 35.5. The van der Waals surface area contributed by atoms with Crippen molar-refractivity contribution >= 4 is 29.0 Å². The number of hydrogen-bond acceptors (Lipinski definition) is 1. The van der Waals surface area contributed by atoms with Crippen molar-refractivity contribution in [2.45, 2.75) is 49.3 Å². The summed E-state index contributed by atoms with van der Waals surface area (Å²) in [6.07, 6.45) is 11.2. The van der Waals surface area contributed by atoms with E-state index in [4.69, 9.17) is 23.2 Å². The van der Waals surface area contributed by atoms with E-state index in [1.807, 2.05) is 6.08 Å². The maximum atomic E-state index is 11.6. The summed E-state index contributed by atoms with van der Waals surface area (Å²) < 4.78 is -0.701. The van der Waals surface area contributed by atoms with Gasteiger partial charge in [-0.25, -0.2) is 0 Å². The van der Waals surface area contributed by atoms with Gasteiger partial charge in [-0.1, -0.05) is 55.0 Å². The Bertz CT molecular complexity index is 374. The molecule has 0 aromatic heterocycles. The zero-order valence-corrected chi connectivity index (χ0v) is 10.8. The van der Waals surface area contributed by atoms with Crippen LogP contribution in [0.3, 0.4) is 0 Å². The first kappa shape index (κ1) is 11.1. The number of carbonyl (C=O) groups is 1. The minimum absolute atomic E-state index is 0.0998. The molecule has 2 atom stereocenters. The molecule has 0 aromatic rings. The van der Waals surface area contributed by atoms with Crippen molar-refractivity contribution in [3.63, 3.8) is 0 Å². The minimum atomic E-state index is -0.701. The maximum absolute atomic E-state index is 11.6. The molecule has 0 bridgehead atoms. The molecule has 3 rings (SSSR count). The molecule has 88 valence electrons. The van der Waals surface area contributed by atoms with E-state index in [-0.39, 0.29) is 16.6 Å². The normalized spacial score (nSPS) is 45.2. The molecule has 2 saturated carbocycles. The van der Waals surface area contributed by atoms with Crippen LogP contribution in [-0.4, -0.2) is 10.1 Å². The number of alkyl halides is 2. The standard InChI is InChI=1S/C13H16Cl2O/c14-13(15)11-6-3-1-2-4-7-12(11,13)9-10(16)5-8-11/h5,8H,1-4,6-7,9H2. The average Bonchev–Trinajstić information content (AvgIpc) is 2.59. The third-order valence-electron chi connectivity index (χ3n) is 4.91. The summed E-state index contributed by atoms with van der Waals surface area (Å²) in [4.78, 5) is 11.6.